The van der Waals surface area contributed by atoms with Gasteiger partial charge in [-0.1, -0.05) is 276 Å². The summed E-state index contributed by atoms with van der Waals surface area (Å²) in [4.78, 5) is 35.8. The lowest BCUT2D eigenvalue weighted by Gasteiger charge is -2.24. The van der Waals surface area contributed by atoms with Crippen LogP contribution in [-0.4, -0.2) is 74.9 Å². The second kappa shape index (κ2) is 61.7. The molecule has 0 bridgehead atoms. The van der Waals surface area contributed by atoms with Crippen molar-refractivity contribution in [3.63, 3.8) is 0 Å². The van der Waals surface area contributed by atoms with Gasteiger partial charge in [0.05, 0.1) is 27.7 Å². The molecule has 0 fully saturated rings. The highest BCUT2D eigenvalue weighted by Crippen LogP contribution is 2.43. The van der Waals surface area contributed by atoms with Crippen molar-refractivity contribution in [2.24, 2.45) is 0 Å². The molecule has 9 nitrogen and oxygen atoms in total. The fourth-order valence-corrected chi connectivity index (χ4v) is 9.44. The van der Waals surface area contributed by atoms with Crippen LogP contribution in [-0.2, 0) is 32.7 Å². The molecule has 1 N–H and O–H groups in total. The summed E-state index contributed by atoms with van der Waals surface area (Å²) < 4.78 is 34.6. The number of rotatable bonds is 59. The molecule has 2 atom stereocenters. The van der Waals surface area contributed by atoms with Crippen molar-refractivity contribution in [1.82, 2.24) is 0 Å². The summed E-state index contributed by atoms with van der Waals surface area (Å²) in [6, 6.07) is 0. The molecule has 0 aromatic heterocycles. The van der Waals surface area contributed by atoms with Crippen LogP contribution in [0.25, 0.3) is 0 Å². The van der Waals surface area contributed by atoms with Gasteiger partial charge in [0.1, 0.15) is 19.8 Å². The van der Waals surface area contributed by atoms with Crippen LogP contribution in [0.4, 0.5) is 0 Å². The van der Waals surface area contributed by atoms with E-state index in [-0.39, 0.29) is 32.0 Å². The molecule has 10 heteroatoms. The van der Waals surface area contributed by atoms with E-state index in [0.29, 0.717) is 23.9 Å². The first kappa shape index (κ1) is 78.1. The largest absolute Gasteiger partial charge is 0.472 e. The number of phosphoric ester groups is 1. The molecule has 468 valence electrons. The zero-order valence-corrected chi connectivity index (χ0v) is 54.1. The summed E-state index contributed by atoms with van der Waals surface area (Å²) in [5, 5.41) is 0. The van der Waals surface area contributed by atoms with E-state index in [1.165, 1.54) is 128 Å². The number of carbonyl (C=O) groups is 2. The Morgan fingerprint density at radius 3 is 1.01 bits per heavy atom. The van der Waals surface area contributed by atoms with Crippen LogP contribution >= 0.6 is 7.82 Å². The van der Waals surface area contributed by atoms with Crippen molar-refractivity contribution < 1.29 is 42.1 Å². The number of carbonyl (C=O) groups excluding carboxylic acids is 2. The van der Waals surface area contributed by atoms with Crippen molar-refractivity contribution in [3.8, 4) is 0 Å². The van der Waals surface area contributed by atoms with Crippen LogP contribution < -0.4 is 0 Å². The van der Waals surface area contributed by atoms with Crippen molar-refractivity contribution in [3.05, 3.63) is 134 Å². The summed E-state index contributed by atoms with van der Waals surface area (Å²) in [5.41, 5.74) is 0. The highest BCUT2D eigenvalue weighted by Gasteiger charge is 2.27. The Hall–Kier alpha value is -3.85. The smallest absolute Gasteiger partial charge is 0.462 e. The Balaban J connectivity index is 4.10. The Labute approximate surface area is 504 Å². The Morgan fingerprint density at radius 1 is 0.378 bits per heavy atom. The lowest BCUT2D eigenvalue weighted by Crippen LogP contribution is -2.37. The van der Waals surface area contributed by atoms with E-state index >= 15 is 0 Å². The fourth-order valence-electron chi connectivity index (χ4n) is 8.70. The maximum atomic E-state index is 12.8. The Morgan fingerprint density at radius 2 is 0.671 bits per heavy atom. The first-order valence-electron chi connectivity index (χ1n) is 32.9. The molecule has 0 amide bonds. The fraction of sp³-hybridized carbons (Fsp3) is 0.667. The van der Waals surface area contributed by atoms with E-state index in [9.17, 15) is 19.0 Å². The molecule has 0 radical (unpaired) electrons. The van der Waals surface area contributed by atoms with E-state index in [2.05, 4.69) is 148 Å². The lowest BCUT2D eigenvalue weighted by molar-refractivity contribution is -0.870. The van der Waals surface area contributed by atoms with Crippen LogP contribution in [0.15, 0.2) is 134 Å². The minimum atomic E-state index is -4.41. The van der Waals surface area contributed by atoms with Gasteiger partial charge in [-0.2, -0.15) is 0 Å². The van der Waals surface area contributed by atoms with Gasteiger partial charge in [0, 0.05) is 12.8 Å². The van der Waals surface area contributed by atoms with Gasteiger partial charge >= 0.3 is 19.8 Å². The molecule has 0 saturated heterocycles. The molecule has 0 heterocycles. The molecule has 0 saturated carbocycles. The highest BCUT2D eigenvalue weighted by atomic mass is 31.2. The van der Waals surface area contributed by atoms with Crippen molar-refractivity contribution >= 4 is 19.8 Å². The number of phosphoric acid groups is 1. The van der Waals surface area contributed by atoms with E-state index in [0.717, 1.165) is 89.9 Å². The van der Waals surface area contributed by atoms with Gasteiger partial charge in [-0.15, -0.1) is 0 Å². The molecule has 2 unspecified atom stereocenters. The number of nitrogens with zero attached hydrogens (tertiary/aromatic N) is 1. The zero-order valence-electron chi connectivity index (χ0n) is 53.2. The minimum absolute atomic E-state index is 0.0153. The van der Waals surface area contributed by atoms with Crippen molar-refractivity contribution in [2.45, 2.75) is 264 Å². The average molecular weight is 1160 g/mol. The maximum Gasteiger partial charge on any atom is 0.472 e. The lowest BCUT2D eigenvalue weighted by atomic mass is 10.0. The number of hydrogen-bond acceptors (Lipinski definition) is 7. The van der Waals surface area contributed by atoms with Crippen LogP contribution in [0.3, 0.4) is 0 Å². The van der Waals surface area contributed by atoms with Crippen molar-refractivity contribution in [1.29, 1.82) is 0 Å². The first-order valence-corrected chi connectivity index (χ1v) is 34.4. The predicted molar refractivity (Wildman–Crippen MR) is 353 cm³/mol. The molecule has 0 aromatic carbocycles. The standard InChI is InChI=1S/C72H122NO8P/c1-6-8-10-12-14-16-18-20-22-24-26-28-30-31-32-33-34-35-36-37-38-39-40-41-43-44-46-48-50-52-54-56-58-60-62-64-71(74)78-68-70(69-80-82(76,77)79-67-66-73(3,4)5)81-72(75)65-63-61-59-57-55-53-51-49-47-45-42-29-27-25-23-21-19-17-15-13-11-9-7-2/h8-11,14-17,20-23,26-29,45,47,51,53,57,59,70H,6-7,12-13,18-19,24-25,30-44,46,48-50,52,54-56,58,60-69H2,1-5H3/p+1/b10-8-,11-9-,16-14-,17-15-,22-20-,23-21-,28-26-,29-27-,47-45-,53-51-,59-57-. The number of esters is 2. The maximum absolute atomic E-state index is 12.8. The molecular formula is C72H123NO8P+. The van der Waals surface area contributed by atoms with Gasteiger partial charge in [0.15, 0.2) is 6.10 Å². The number of ether oxygens (including phenoxy) is 2. The second-order valence-corrected chi connectivity index (χ2v) is 24.2. The Kier molecular flexibility index (Phi) is 58.8. The number of likely N-dealkylation sites (N-methyl/N-ethyl adjacent to an activating group) is 1. The van der Waals surface area contributed by atoms with E-state index in [1.54, 1.807) is 0 Å². The summed E-state index contributed by atoms with van der Waals surface area (Å²) in [6.45, 7) is 4.14. The number of quaternary nitrogens is 1. The molecule has 0 aromatic rings. The van der Waals surface area contributed by atoms with Crippen LogP contribution in [0, 0.1) is 0 Å². The van der Waals surface area contributed by atoms with Gasteiger partial charge in [0.25, 0.3) is 0 Å². The zero-order chi connectivity index (χ0) is 59.8. The molecular weight excluding hydrogens is 1040 g/mol. The monoisotopic (exact) mass is 1160 g/mol. The molecule has 0 aliphatic rings. The van der Waals surface area contributed by atoms with Gasteiger partial charge in [-0.3, -0.25) is 18.6 Å². The molecule has 0 aliphatic carbocycles. The highest BCUT2D eigenvalue weighted by molar-refractivity contribution is 7.47. The molecule has 82 heavy (non-hydrogen) atoms. The van der Waals surface area contributed by atoms with Gasteiger partial charge < -0.3 is 18.9 Å². The Bertz CT molecular complexity index is 1850. The SMILES string of the molecule is CC/C=C\C/C=C\C/C=C\C/C=C\C/C=C\C/C=C\C/C=C\CCCC(=O)OC(COC(=O)CCCCCCCCCCCCCCCCCCCCCCCC/C=C\C/C=C\C/C=C\C/C=C\CC)COP(=O)(O)OCC[N+](C)(C)C. The third kappa shape index (κ3) is 65.3. The van der Waals surface area contributed by atoms with Crippen molar-refractivity contribution in [2.75, 3.05) is 47.5 Å². The van der Waals surface area contributed by atoms with Gasteiger partial charge in [-0.25, -0.2) is 4.57 Å². The second-order valence-electron chi connectivity index (χ2n) is 22.7. The van der Waals surface area contributed by atoms with Gasteiger partial charge in [0.2, 0.25) is 0 Å². The minimum Gasteiger partial charge on any atom is -0.462 e. The summed E-state index contributed by atoms with van der Waals surface area (Å²) in [7, 11) is 1.43. The number of unbranched alkanes of at least 4 members (excludes halogenated alkanes) is 23. The third-order valence-electron chi connectivity index (χ3n) is 13.7. The normalized spacial score (nSPS) is 14.1. The summed E-state index contributed by atoms with van der Waals surface area (Å²) in [6.07, 6.45) is 89.9. The van der Waals surface area contributed by atoms with Crippen LogP contribution in [0.5, 0.6) is 0 Å². The predicted octanol–water partition coefficient (Wildman–Crippen LogP) is 21.3. The first-order chi connectivity index (χ1) is 40.0. The topological polar surface area (TPSA) is 108 Å². The molecule has 0 rings (SSSR count). The third-order valence-corrected chi connectivity index (χ3v) is 14.7. The van der Waals surface area contributed by atoms with Gasteiger partial charge in [-0.05, 0) is 103 Å². The van der Waals surface area contributed by atoms with Crippen LogP contribution in [0.1, 0.15) is 258 Å². The quantitative estimate of drug-likeness (QED) is 0.0211. The summed E-state index contributed by atoms with van der Waals surface area (Å²) in [5.74, 6) is -0.868. The van der Waals surface area contributed by atoms with Crippen LogP contribution in [0.2, 0.25) is 0 Å². The van der Waals surface area contributed by atoms with E-state index in [1.807, 2.05) is 21.1 Å². The average Bonchev–Trinajstić information content (AvgIpc) is 3.46. The molecule has 0 aliphatic heterocycles. The summed E-state index contributed by atoms with van der Waals surface area (Å²) >= 11 is 0. The number of allylic oxidation sites excluding steroid dienone is 22. The van der Waals surface area contributed by atoms with E-state index in [4.69, 9.17) is 18.5 Å². The number of hydrogen-bond donors (Lipinski definition) is 1. The molecule has 0 spiro atoms. The van der Waals surface area contributed by atoms with E-state index < -0.39 is 26.5 Å².